The van der Waals surface area contributed by atoms with Gasteiger partial charge in [-0.2, -0.15) is 0 Å². The van der Waals surface area contributed by atoms with Crippen LogP contribution in [0.4, 0.5) is 5.82 Å². The van der Waals surface area contributed by atoms with Crippen molar-refractivity contribution in [2.45, 2.75) is 38.5 Å². The average molecular weight is 220 g/mol. The van der Waals surface area contributed by atoms with E-state index in [1.807, 2.05) is 0 Å². The predicted octanol–water partition coefficient (Wildman–Crippen LogP) is 0.383. The fourth-order valence-corrected chi connectivity index (χ4v) is 2.37. The Labute approximate surface area is 94.4 Å². The van der Waals surface area contributed by atoms with Gasteiger partial charge in [-0.1, -0.05) is 0 Å². The van der Waals surface area contributed by atoms with Gasteiger partial charge in [0.25, 0.3) is 0 Å². The summed E-state index contributed by atoms with van der Waals surface area (Å²) >= 11 is 0. The Balaban J connectivity index is 1.82. The maximum Gasteiger partial charge on any atom is 0.133 e. The second-order valence-electron chi connectivity index (χ2n) is 4.44. The monoisotopic (exact) mass is 220 g/mol. The molecule has 5 heteroatoms. The lowest BCUT2D eigenvalue weighted by atomic mass is 10.1. The highest BCUT2D eigenvalue weighted by atomic mass is 16.5. The summed E-state index contributed by atoms with van der Waals surface area (Å²) < 4.78 is 5.32. The molecule has 2 aliphatic heterocycles. The first kappa shape index (κ1) is 9.99. The third kappa shape index (κ3) is 1.76. The predicted molar refractivity (Wildman–Crippen MR) is 59.7 cm³/mol. The van der Waals surface area contributed by atoms with Gasteiger partial charge in [-0.25, -0.2) is 9.97 Å². The fourth-order valence-electron chi connectivity index (χ4n) is 2.37. The minimum Gasteiger partial charge on any atom is -0.383 e. The number of hydrogen-bond donors (Lipinski definition) is 2. The van der Waals surface area contributed by atoms with Crippen LogP contribution in [0.2, 0.25) is 0 Å². The smallest absolute Gasteiger partial charge is 0.133 e. The van der Waals surface area contributed by atoms with Crippen LogP contribution in [0, 0.1) is 0 Å². The molecule has 1 fully saturated rings. The van der Waals surface area contributed by atoms with E-state index < -0.39 is 0 Å². The maximum absolute atomic E-state index is 5.90. The molecule has 1 aromatic heterocycles. The molecule has 1 unspecified atom stereocenters. The second kappa shape index (κ2) is 3.99. The second-order valence-corrected chi connectivity index (χ2v) is 4.44. The quantitative estimate of drug-likeness (QED) is 0.754. The number of fused-ring (bicyclic) bond motifs is 1. The fraction of sp³-hybridized carbons (Fsp3) is 0.636. The molecule has 3 N–H and O–H groups in total. The molecule has 2 aliphatic rings. The van der Waals surface area contributed by atoms with E-state index in [1.54, 1.807) is 0 Å². The van der Waals surface area contributed by atoms with E-state index in [0.717, 1.165) is 30.0 Å². The molecule has 3 rings (SSSR count). The highest BCUT2D eigenvalue weighted by Crippen LogP contribution is 2.23. The number of hydrogen-bond acceptors (Lipinski definition) is 5. The minimum atomic E-state index is 0.514. The molecule has 0 spiro atoms. The highest BCUT2D eigenvalue weighted by Gasteiger charge is 2.21. The van der Waals surface area contributed by atoms with Gasteiger partial charge < -0.3 is 15.8 Å². The lowest BCUT2D eigenvalue weighted by Gasteiger charge is -2.10. The number of aromatic nitrogens is 2. The third-order valence-corrected chi connectivity index (χ3v) is 3.25. The van der Waals surface area contributed by atoms with Crippen molar-refractivity contribution in [1.29, 1.82) is 0 Å². The maximum atomic E-state index is 5.90. The molecule has 86 valence electrons. The molecular formula is C11H16N4O. The zero-order valence-electron chi connectivity index (χ0n) is 9.20. The van der Waals surface area contributed by atoms with Crippen LogP contribution in [0.15, 0.2) is 0 Å². The number of nitrogen functional groups attached to an aromatic ring is 1. The minimum absolute atomic E-state index is 0.514. The van der Waals surface area contributed by atoms with E-state index in [4.69, 9.17) is 10.5 Å². The van der Waals surface area contributed by atoms with Crippen molar-refractivity contribution in [2.24, 2.45) is 0 Å². The molecular weight excluding hydrogens is 204 g/mol. The molecule has 1 aromatic rings. The van der Waals surface area contributed by atoms with Gasteiger partial charge >= 0.3 is 0 Å². The van der Waals surface area contributed by atoms with Crippen LogP contribution in [-0.2, 0) is 24.4 Å². The summed E-state index contributed by atoms with van der Waals surface area (Å²) in [5.74, 6) is 1.44. The van der Waals surface area contributed by atoms with E-state index in [2.05, 4.69) is 15.3 Å². The van der Waals surface area contributed by atoms with Gasteiger partial charge in [0.2, 0.25) is 0 Å². The van der Waals surface area contributed by atoms with Crippen LogP contribution in [0.25, 0.3) is 0 Å². The number of nitrogens with zero attached hydrogens (tertiary/aromatic N) is 2. The van der Waals surface area contributed by atoms with Crippen molar-refractivity contribution in [1.82, 2.24) is 15.3 Å². The number of nitrogens with two attached hydrogens (primary N) is 1. The van der Waals surface area contributed by atoms with Gasteiger partial charge in [0.15, 0.2) is 0 Å². The Morgan fingerprint density at radius 3 is 3.12 bits per heavy atom. The van der Waals surface area contributed by atoms with E-state index >= 15 is 0 Å². The van der Waals surface area contributed by atoms with E-state index in [0.29, 0.717) is 25.1 Å². The Bertz CT molecular complexity index is 401. The summed E-state index contributed by atoms with van der Waals surface area (Å²) in [7, 11) is 0. The Morgan fingerprint density at radius 1 is 1.38 bits per heavy atom. The van der Waals surface area contributed by atoms with Gasteiger partial charge in [0.1, 0.15) is 11.6 Å². The summed E-state index contributed by atoms with van der Waals surface area (Å²) in [6.45, 7) is 2.24. The number of anilines is 1. The highest BCUT2D eigenvalue weighted by molar-refractivity contribution is 5.43. The first-order valence-corrected chi connectivity index (χ1v) is 5.78. The Kier molecular flexibility index (Phi) is 2.49. The summed E-state index contributed by atoms with van der Waals surface area (Å²) in [4.78, 5) is 8.88. The molecule has 0 saturated carbocycles. The van der Waals surface area contributed by atoms with Crippen LogP contribution in [0.5, 0.6) is 0 Å². The van der Waals surface area contributed by atoms with Gasteiger partial charge in [-0.15, -0.1) is 0 Å². The molecule has 0 aliphatic carbocycles. The number of nitrogens with one attached hydrogen (secondary N) is 1. The van der Waals surface area contributed by atoms with E-state index in [9.17, 15) is 0 Å². The first-order chi connectivity index (χ1) is 7.83. The standard InChI is InChI=1S/C11H16N4O/c12-11-8-5-16-6-9(8)14-10(15-11)4-7-2-1-3-13-7/h7,13H,1-6H2,(H2,12,14,15). The Morgan fingerprint density at radius 2 is 2.31 bits per heavy atom. The van der Waals surface area contributed by atoms with Crippen LogP contribution in [0.3, 0.4) is 0 Å². The third-order valence-electron chi connectivity index (χ3n) is 3.25. The number of ether oxygens (including phenoxy) is 1. The zero-order chi connectivity index (χ0) is 11.0. The molecule has 5 nitrogen and oxygen atoms in total. The normalized spacial score (nSPS) is 23.6. The first-order valence-electron chi connectivity index (χ1n) is 5.78. The van der Waals surface area contributed by atoms with Gasteiger partial charge in [-0.3, -0.25) is 0 Å². The van der Waals surface area contributed by atoms with Crippen LogP contribution in [-0.4, -0.2) is 22.6 Å². The lowest BCUT2D eigenvalue weighted by molar-refractivity contribution is 0.133. The molecule has 16 heavy (non-hydrogen) atoms. The lowest BCUT2D eigenvalue weighted by Crippen LogP contribution is -2.25. The van der Waals surface area contributed by atoms with Crippen LogP contribution in [0.1, 0.15) is 29.9 Å². The summed E-state index contributed by atoms with van der Waals surface area (Å²) in [5, 5.41) is 3.44. The van der Waals surface area contributed by atoms with Gasteiger partial charge in [0.05, 0.1) is 18.9 Å². The largest absolute Gasteiger partial charge is 0.383 e. The topological polar surface area (TPSA) is 73.1 Å². The SMILES string of the molecule is Nc1nc(CC2CCCN2)nc2c1COC2. The molecule has 0 amide bonds. The average Bonchev–Trinajstić information content (AvgIpc) is 2.87. The Hall–Kier alpha value is -1.20. The molecule has 0 radical (unpaired) electrons. The van der Waals surface area contributed by atoms with E-state index in [1.165, 1.54) is 12.8 Å². The van der Waals surface area contributed by atoms with Gasteiger partial charge in [0, 0.05) is 18.0 Å². The van der Waals surface area contributed by atoms with Crippen molar-refractivity contribution in [3.63, 3.8) is 0 Å². The van der Waals surface area contributed by atoms with Crippen molar-refractivity contribution in [3.05, 3.63) is 17.1 Å². The van der Waals surface area contributed by atoms with Crippen molar-refractivity contribution < 1.29 is 4.74 Å². The van der Waals surface area contributed by atoms with Crippen LogP contribution >= 0.6 is 0 Å². The molecule has 0 bridgehead atoms. The number of rotatable bonds is 2. The summed E-state index contributed by atoms with van der Waals surface area (Å²) in [6.07, 6.45) is 3.32. The molecule has 0 aromatic carbocycles. The van der Waals surface area contributed by atoms with Gasteiger partial charge in [-0.05, 0) is 19.4 Å². The molecule has 3 heterocycles. The van der Waals surface area contributed by atoms with Crippen molar-refractivity contribution >= 4 is 5.82 Å². The summed E-state index contributed by atoms with van der Waals surface area (Å²) in [6, 6.07) is 0.514. The van der Waals surface area contributed by atoms with Crippen LogP contribution < -0.4 is 11.1 Å². The van der Waals surface area contributed by atoms with Crippen molar-refractivity contribution in [3.8, 4) is 0 Å². The van der Waals surface area contributed by atoms with Crippen molar-refractivity contribution in [2.75, 3.05) is 12.3 Å². The molecule has 1 atom stereocenters. The van der Waals surface area contributed by atoms with E-state index in [-0.39, 0.29) is 0 Å². The summed E-state index contributed by atoms with van der Waals surface area (Å²) in [5.41, 5.74) is 7.84. The zero-order valence-corrected chi connectivity index (χ0v) is 9.20. The molecule has 1 saturated heterocycles.